The normalized spacial score (nSPS) is 34.7. The van der Waals surface area contributed by atoms with Crippen molar-refractivity contribution >= 4 is 5.97 Å². The van der Waals surface area contributed by atoms with Gasteiger partial charge in [0, 0.05) is 25.4 Å². The molecule has 0 aromatic carbocycles. The van der Waals surface area contributed by atoms with E-state index in [0.29, 0.717) is 19.4 Å². The number of fused-ring (bicyclic) bond motifs is 1. The van der Waals surface area contributed by atoms with Gasteiger partial charge in [-0.3, -0.25) is 0 Å². The number of ether oxygens (including phenoxy) is 4. The summed E-state index contributed by atoms with van der Waals surface area (Å²) >= 11 is 0. The molecule has 2 aliphatic heterocycles. The fourth-order valence-electron chi connectivity index (χ4n) is 4.31. The molecule has 7 nitrogen and oxygen atoms in total. The predicted molar refractivity (Wildman–Crippen MR) is 101 cm³/mol. The molecular formula is C21H31FO7. The number of carbonyl (C=O) groups is 1. The molecule has 0 spiro atoms. The fraction of sp³-hybridized carbons (Fsp3) is 0.762. The Hall–Kier alpha value is -1.48. The molecule has 1 aliphatic carbocycles. The van der Waals surface area contributed by atoms with E-state index >= 15 is 0 Å². The summed E-state index contributed by atoms with van der Waals surface area (Å²) < 4.78 is 35.3. The Kier molecular flexibility index (Phi) is 7.67. The molecule has 2 N–H and O–H groups in total. The average Bonchev–Trinajstić information content (AvgIpc) is 3.21. The Balaban J connectivity index is 1.54. The number of allylic oxidation sites excluding steroid dienone is 2. The SMILES string of the molecule is CCOC(=O)COCC(F)=C1C[C@H]2[C@H](C=C[C@H](O)C3CCCCO3)CC[C@@]2(O)O1. The van der Waals surface area contributed by atoms with Gasteiger partial charge in [0.25, 0.3) is 0 Å². The van der Waals surface area contributed by atoms with Crippen LogP contribution >= 0.6 is 0 Å². The van der Waals surface area contributed by atoms with E-state index in [0.717, 1.165) is 19.3 Å². The van der Waals surface area contributed by atoms with Crippen LogP contribution in [0.5, 0.6) is 0 Å². The summed E-state index contributed by atoms with van der Waals surface area (Å²) in [6, 6.07) is 0. The zero-order chi connectivity index (χ0) is 20.9. The second-order valence-electron chi connectivity index (χ2n) is 7.87. The molecule has 0 radical (unpaired) electrons. The first-order valence-corrected chi connectivity index (χ1v) is 10.4. The highest BCUT2D eigenvalue weighted by molar-refractivity contribution is 5.70. The predicted octanol–water partition coefficient (Wildman–Crippen LogP) is 2.37. The van der Waals surface area contributed by atoms with Crippen LogP contribution in [0.15, 0.2) is 23.7 Å². The summed E-state index contributed by atoms with van der Waals surface area (Å²) in [6.07, 6.45) is 6.98. The minimum absolute atomic E-state index is 0.0241. The number of aliphatic hydroxyl groups excluding tert-OH is 1. The average molecular weight is 414 g/mol. The summed E-state index contributed by atoms with van der Waals surface area (Å²) in [6.45, 7) is 1.84. The number of hydrogen-bond donors (Lipinski definition) is 2. The lowest BCUT2D eigenvalue weighted by molar-refractivity contribution is -0.170. The molecule has 29 heavy (non-hydrogen) atoms. The van der Waals surface area contributed by atoms with Gasteiger partial charge >= 0.3 is 5.97 Å². The quantitative estimate of drug-likeness (QED) is 0.465. The first kappa shape index (κ1) is 22.2. The highest BCUT2D eigenvalue weighted by Crippen LogP contribution is 2.52. The third-order valence-corrected chi connectivity index (χ3v) is 5.85. The van der Waals surface area contributed by atoms with Crippen LogP contribution in [-0.4, -0.2) is 60.6 Å². The highest BCUT2D eigenvalue weighted by Gasteiger charge is 2.54. The first-order chi connectivity index (χ1) is 13.9. The molecule has 3 aliphatic rings. The number of rotatable bonds is 8. The largest absolute Gasteiger partial charge is 0.464 e. The maximum absolute atomic E-state index is 14.4. The molecule has 2 heterocycles. The molecule has 3 fully saturated rings. The van der Waals surface area contributed by atoms with Crippen molar-refractivity contribution in [2.24, 2.45) is 11.8 Å². The summed E-state index contributed by atoms with van der Waals surface area (Å²) in [7, 11) is 0. The van der Waals surface area contributed by atoms with E-state index in [1.165, 1.54) is 0 Å². The van der Waals surface area contributed by atoms with E-state index in [2.05, 4.69) is 0 Å². The van der Waals surface area contributed by atoms with E-state index in [1.807, 2.05) is 6.08 Å². The third-order valence-electron chi connectivity index (χ3n) is 5.85. The number of hydrogen-bond acceptors (Lipinski definition) is 7. The molecule has 8 heteroatoms. The van der Waals surface area contributed by atoms with Crippen LogP contribution in [-0.2, 0) is 23.7 Å². The Morgan fingerprint density at radius 2 is 2.21 bits per heavy atom. The van der Waals surface area contributed by atoms with Crippen molar-refractivity contribution < 1.29 is 38.3 Å². The molecule has 0 bridgehead atoms. The van der Waals surface area contributed by atoms with E-state index in [9.17, 15) is 19.4 Å². The van der Waals surface area contributed by atoms with Crippen molar-refractivity contribution in [2.45, 2.75) is 63.4 Å². The van der Waals surface area contributed by atoms with Gasteiger partial charge in [0.2, 0.25) is 5.79 Å². The number of esters is 1. The molecule has 1 saturated carbocycles. The minimum Gasteiger partial charge on any atom is -0.464 e. The van der Waals surface area contributed by atoms with Gasteiger partial charge < -0.3 is 29.2 Å². The van der Waals surface area contributed by atoms with E-state index < -0.39 is 30.3 Å². The van der Waals surface area contributed by atoms with Crippen LogP contribution < -0.4 is 0 Å². The first-order valence-electron chi connectivity index (χ1n) is 10.4. The Morgan fingerprint density at radius 1 is 1.38 bits per heavy atom. The Labute approximate surface area is 170 Å². The Bertz CT molecular complexity index is 629. The molecule has 0 amide bonds. The maximum Gasteiger partial charge on any atom is 0.332 e. The molecule has 1 unspecified atom stereocenters. The lowest BCUT2D eigenvalue weighted by Crippen LogP contribution is -2.32. The van der Waals surface area contributed by atoms with Gasteiger partial charge in [0.1, 0.15) is 19.0 Å². The van der Waals surface area contributed by atoms with Crippen molar-refractivity contribution in [3.8, 4) is 0 Å². The van der Waals surface area contributed by atoms with Gasteiger partial charge in [-0.15, -0.1) is 0 Å². The van der Waals surface area contributed by atoms with Crippen molar-refractivity contribution in [3.63, 3.8) is 0 Å². The van der Waals surface area contributed by atoms with Gasteiger partial charge in [0.05, 0.1) is 18.8 Å². The molecule has 2 saturated heterocycles. The Morgan fingerprint density at radius 3 is 2.93 bits per heavy atom. The lowest BCUT2D eigenvalue weighted by atomic mass is 9.90. The fourth-order valence-corrected chi connectivity index (χ4v) is 4.31. The van der Waals surface area contributed by atoms with Crippen LogP contribution in [0.2, 0.25) is 0 Å². The molecule has 0 aromatic heterocycles. The van der Waals surface area contributed by atoms with E-state index in [-0.39, 0.29) is 43.3 Å². The van der Waals surface area contributed by atoms with Gasteiger partial charge in [-0.05, 0) is 38.5 Å². The maximum atomic E-state index is 14.4. The van der Waals surface area contributed by atoms with Gasteiger partial charge in [-0.2, -0.15) is 0 Å². The zero-order valence-electron chi connectivity index (χ0n) is 16.8. The lowest BCUT2D eigenvalue weighted by Gasteiger charge is -2.26. The summed E-state index contributed by atoms with van der Waals surface area (Å²) in [5.74, 6) is -2.84. The van der Waals surface area contributed by atoms with Crippen LogP contribution in [0, 0.1) is 11.8 Å². The van der Waals surface area contributed by atoms with E-state index in [1.54, 1.807) is 13.0 Å². The van der Waals surface area contributed by atoms with E-state index in [4.69, 9.17) is 18.9 Å². The molecule has 3 rings (SSSR count). The van der Waals surface area contributed by atoms with Gasteiger partial charge in [-0.1, -0.05) is 12.2 Å². The van der Waals surface area contributed by atoms with Crippen molar-refractivity contribution in [1.29, 1.82) is 0 Å². The summed E-state index contributed by atoms with van der Waals surface area (Å²) in [5, 5.41) is 21.1. The van der Waals surface area contributed by atoms with Crippen LogP contribution in [0.1, 0.15) is 45.4 Å². The second kappa shape index (κ2) is 10.0. The molecule has 5 atom stereocenters. The summed E-state index contributed by atoms with van der Waals surface area (Å²) in [4.78, 5) is 11.2. The second-order valence-corrected chi connectivity index (χ2v) is 7.87. The van der Waals surface area contributed by atoms with Gasteiger partial charge in [-0.25, -0.2) is 9.18 Å². The molecule has 164 valence electrons. The van der Waals surface area contributed by atoms with Crippen molar-refractivity contribution in [1.82, 2.24) is 0 Å². The number of aliphatic hydroxyl groups is 2. The third kappa shape index (κ3) is 5.57. The smallest absolute Gasteiger partial charge is 0.332 e. The standard InChI is InChI=1S/C21H31FO7/c1-2-27-20(24)13-26-12-16(22)19-11-15-14(8-9-21(15,25)29-19)6-7-17(23)18-5-3-4-10-28-18/h6-7,14-15,17-18,23,25H,2-5,8-13H2,1H3/t14-,15+,17+,18?,21-/m1/s1. The summed E-state index contributed by atoms with van der Waals surface area (Å²) in [5.41, 5.74) is 0. The molecule has 0 aromatic rings. The monoisotopic (exact) mass is 414 g/mol. The van der Waals surface area contributed by atoms with Crippen LogP contribution in [0.4, 0.5) is 4.39 Å². The van der Waals surface area contributed by atoms with Crippen LogP contribution in [0.3, 0.4) is 0 Å². The topological polar surface area (TPSA) is 94.5 Å². The zero-order valence-corrected chi connectivity index (χ0v) is 16.8. The van der Waals surface area contributed by atoms with Crippen LogP contribution in [0.25, 0.3) is 0 Å². The highest BCUT2D eigenvalue weighted by atomic mass is 19.1. The number of carbonyl (C=O) groups excluding carboxylic acids is 1. The van der Waals surface area contributed by atoms with Gasteiger partial charge in [0.15, 0.2) is 5.83 Å². The minimum atomic E-state index is -1.41. The molecular weight excluding hydrogens is 383 g/mol. The number of halogens is 1. The van der Waals surface area contributed by atoms with Crippen molar-refractivity contribution in [3.05, 3.63) is 23.7 Å². The van der Waals surface area contributed by atoms with Crippen molar-refractivity contribution in [2.75, 3.05) is 26.4 Å².